The van der Waals surface area contributed by atoms with Crippen LogP contribution >= 0.6 is 34.5 Å². The van der Waals surface area contributed by atoms with Gasteiger partial charge >= 0.3 is 5.97 Å². The zero-order chi connectivity index (χ0) is 20.5. The van der Waals surface area contributed by atoms with Crippen LogP contribution in [0.2, 0.25) is 10.0 Å². The number of benzene rings is 1. The number of ether oxygens (including phenoxy) is 2. The number of aromatic nitrogens is 1. The van der Waals surface area contributed by atoms with Gasteiger partial charge in [-0.2, -0.15) is 0 Å². The minimum absolute atomic E-state index is 0.0455. The van der Waals surface area contributed by atoms with E-state index in [2.05, 4.69) is 4.98 Å². The van der Waals surface area contributed by atoms with Crippen molar-refractivity contribution < 1.29 is 24.5 Å². The van der Waals surface area contributed by atoms with E-state index < -0.39 is 12.1 Å². The van der Waals surface area contributed by atoms with Crippen molar-refractivity contribution in [2.45, 2.75) is 44.0 Å². The summed E-state index contributed by atoms with van der Waals surface area (Å²) >= 11 is 13.2. The Morgan fingerprint density at radius 1 is 1.31 bits per heavy atom. The van der Waals surface area contributed by atoms with Gasteiger partial charge in [0.1, 0.15) is 16.9 Å². The molecule has 2 heterocycles. The predicted octanol–water partition coefficient (Wildman–Crippen LogP) is 4.83. The average molecular weight is 458 g/mol. The zero-order valence-corrected chi connectivity index (χ0v) is 17.8. The summed E-state index contributed by atoms with van der Waals surface area (Å²) in [6, 6.07) is 5.16. The standard InChI is InChI=1S/C20H21Cl2NO5S/c21-13-3-1-10(7-14(13)22)27-6-5-11-12-2-4-17(28-18(12)8-16(11)24)19-23-15(9-29-19)20(25)26/h1,3,7,9,11-12,16-18,24H,2,4-6,8H2,(H,25,26)/t11-,12-,16-,17-,18+/m1/s1. The van der Waals surface area contributed by atoms with Crippen LogP contribution in [0.1, 0.15) is 47.3 Å². The summed E-state index contributed by atoms with van der Waals surface area (Å²) in [6.45, 7) is 0.473. The molecular formula is C20H21Cl2NO5S. The van der Waals surface area contributed by atoms with E-state index in [0.29, 0.717) is 33.8 Å². The molecule has 156 valence electrons. The number of carboxylic acid groups (broad SMARTS) is 1. The molecule has 2 fully saturated rings. The van der Waals surface area contributed by atoms with Crippen LogP contribution in [0.15, 0.2) is 23.6 Å². The van der Waals surface area contributed by atoms with Gasteiger partial charge in [-0.3, -0.25) is 0 Å². The molecule has 1 aromatic carbocycles. The molecule has 0 amide bonds. The normalized spacial score (nSPS) is 28.9. The van der Waals surface area contributed by atoms with E-state index in [1.165, 1.54) is 11.3 Å². The fourth-order valence-corrected chi connectivity index (χ4v) is 5.48. The van der Waals surface area contributed by atoms with Gasteiger partial charge in [0.2, 0.25) is 0 Å². The predicted molar refractivity (Wildman–Crippen MR) is 110 cm³/mol. The van der Waals surface area contributed by atoms with Crippen LogP contribution in [-0.4, -0.2) is 40.0 Å². The molecule has 0 spiro atoms. The topological polar surface area (TPSA) is 88.9 Å². The third-order valence-electron chi connectivity index (χ3n) is 5.72. The number of aliphatic hydroxyl groups excluding tert-OH is 1. The van der Waals surface area contributed by atoms with Gasteiger partial charge in [0.15, 0.2) is 5.69 Å². The second-order valence-corrected chi connectivity index (χ2v) is 9.16. The van der Waals surface area contributed by atoms with Crippen LogP contribution in [0, 0.1) is 11.8 Å². The molecule has 9 heteroatoms. The molecule has 2 N–H and O–H groups in total. The van der Waals surface area contributed by atoms with Crippen LogP contribution < -0.4 is 4.74 Å². The van der Waals surface area contributed by atoms with Gasteiger partial charge in [0.25, 0.3) is 0 Å². The molecule has 29 heavy (non-hydrogen) atoms. The van der Waals surface area contributed by atoms with Crippen molar-refractivity contribution >= 4 is 40.5 Å². The summed E-state index contributed by atoms with van der Waals surface area (Å²) in [5.41, 5.74) is 0.0551. The highest BCUT2D eigenvalue weighted by molar-refractivity contribution is 7.09. The highest BCUT2D eigenvalue weighted by atomic mass is 35.5. The molecule has 0 bridgehead atoms. The molecule has 2 aliphatic rings. The Hall–Kier alpha value is -1.38. The smallest absolute Gasteiger partial charge is 0.355 e. The van der Waals surface area contributed by atoms with Crippen molar-refractivity contribution in [3.8, 4) is 5.75 Å². The van der Waals surface area contributed by atoms with Gasteiger partial charge < -0.3 is 19.7 Å². The molecule has 0 radical (unpaired) electrons. The summed E-state index contributed by atoms with van der Waals surface area (Å²) in [7, 11) is 0. The molecule has 2 aromatic rings. The molecule has 1 aliphatic carbocycles. The monoisotopic (exact) mass is 457 g/mol. The number of thiazole rings is 1. The molecule has 5 atom stereocenters. The Labute approximate surface area is 182 Å². The second-order valence-electron chi connectivity index (χ2n) is 7.46. The lowest BCUT2D eigenvalue weighted by molar-refractivity contribution is -0.0798. The van der Waals surface area contributed by atoms with E-state index in [-0.39, 0.29) is 29.7 Å². The van der Waals surface area contributed by atoms with Crippen molar-refractivity contribution in [1.82, 2.24) is 4.98 Å². The van der Waals surface area contributed by atoms with Crippen molar-refractivity contribution in [1.29, 1.82) is 0 Å². The molecule has 1 saturated heterocycles. The number of nitrogens with zero attached hydrogens (tertiary/aromatic N) is 1. The molecule has 1 aliphatic heterocycles. The first-order chi connectivity index (χ1) is 13.9. The summed E-state index contributed by atoms with van der Waals surface area (Å²) in [4.78, 5) is 15.2. The largest absolute Gasteiger partial charge is 0.494 e. The number of rotatable bonds is 6. The quantitative estimate of drug-likeness (QED) is 0.645. The van der Waals surface area contributed by atoms with Crippen LogP contribution in [0.25, 0.3) is 0 Å². The van der Waals surface area contributed by atoms with Crippen molar-refractivity contribution in [3.05, 3.63) is 44.3 Å². The first kappa shape index (κ1) is 20.9. The molecule has 1 aromatic heterocycles. The average Bonchev–Trinajstić information content (AvgIpc) is 3.29. The van der Waals surface area contributed by atoms with Crippen molar-refractivity contribution in [2.24, 2.45) is 11.8 Å². The van der Waals surface area contributed by atoms with E-state index in [1.807, 2.05) is 0 Å². The number of halogens is 2. The number of carboxylic acids is 1. The number of hydrogen-bond acceptors (Lipinski definition) is 6. The summed E-state index contributed by atoms with van der Waals surface area (Å²) < 4.78 is 12.0. The maximum atomic E-state index is 11.0. The maximum absolute atomic E-state index is 11.0. The Bertz CT molecular complexity index is 892. The van der Waals surface area contributed by atoms with Gasteiger partial charge in [-0.25, -0.2) is 9.78 Å². The number of carbonyl (C=O) groups is 1. The van der Waals surface area contributed by atoms with Gasteiger partial charge in [-0.1, -0.05) is 23.2 Å². The molecule has 0 unspecified atom stereocenters. The zero-order valence-electron chi connectivity index (χ0n) is 15.5. The summed E-state index contributed by atoms with van der Waals surface area (Å²) in [6.07, 6.45) is 2.29. The minimum Gasteiger partial charge on any atom is -0.494 e. The Balaban J connectivity index is 1.33. The van der Waals surface area contributed by atoms with E-state index in [0.717, 1.165) is 19.3 Å². The van der Waals surface area contributed by atoms with Crippen LogP contribution in [0.4, 0.5) is 0 Å². The van der Waals surface area contributed by atoms with Crippen molar-refractivity contribution in [2.75, 3.05) is 6.61 Å². The lowest BCUT2D eigenvalue weighted by Gasteiger charge is -2.34. The van der Waals surface area contributed by atoms with E-state index in [9.17, 15) is 9.90 Å². The van der Waals surface area contributed by atoms with E-state index >= 15 is 0 Å². The second kappa shape index (κ2) is 8.78. The first-order valence-corrected chi connectivity index (χ1v) is 11.2. The van der Waals surface area contributed by atoms with Gasteiger partial charge in [0.05, 0.1) is 28.9 Å². The Morgan fingerprint density at radius 3 is 2.86 bits per heavy atom. The highest BCUT2D eigenvalue weighted by Gasteiger charge is 2.46. The van der Waals surface area contributed by atoms with Gasteiger partial charge in [-0.15, -0.1) is 11.3 Å². The van der Waals surface area contributed by atoms with Gasteiger partial charge in [0, 0.05) is 17.9 Å². The number of hydrogen-bond donors (Lipinski definition) is 2. The molecular weight excluding hydrogens is 437 g/mol. The summed E-state index contributed by atoms with van der Waals surface area (Å²) in [5, 5.41) is 22.8. The third kappa shape index (κ3) is 4.54. The van der Waals surface area contributed by atoms with Crippen LogP contribution in [-0.2, 0) is 4.74 Å². The summed E-state index contributed by atoms with van der Waals surface area (Å²) in [5.74, 6) is -0.00641. The van der Waals surface area contributed by atoms with Crippen LogP contribution in [0.5, 0.6) is 5.75 Å². The van der Waals surface area contributed by atoms with E-state index in [4.69, 9.17) is 37.8 Å². The van der Waals surface area contributed by atoms with E-state index in [1.54, 1.807) is 23.6 Å². The fraction of sp³-hybridized carbons (Fsp3) is 0.500. The Morgan fingerprint density at radius 2 is 2.14 bits per heavy atom. The number of aliphatic hydroxyl groups is 1. The lowest BCUT2D eigenvalue weighted by Crippen LogP contribution is -2.31. The van der Waals surface area contributed by atoms with Gasteiger partial charge in [-0.05, 0) is 43.2 Å². The number of fused-ring (bicyclic) bond motifs is 1. The lowest BCUT2D eigenvalue weighted by atomic mass is 9.85. The SMILES string of the molecule is O=C(O)c1csc([C@H]2CC[C@@H]3[C@@H](CCOc4ccc(Cl)c(Cl)c4)[C@H](O)C[C@@H]3O2)n1. The number of aromatic carboxylic acids is 1. The molecule has 6 nitrogen and oxygen atoms in total. The molecule has 4 rings (SSSR count). The molecule has 1 saturated carbocycles. The third-order valence-corrected chi connectivity index (χ3v) is 7.40. The Kier molecular flexibility index (Phi) is 6.32. The maximum Gasteiger partial charge on any atom is 0.355 e. The van der Waals surface area contributed by atoms with Crippen LogP contribution in [0.3, 0.4) is 0 Å². The first-order valence-electron chi connectivity index (χ1n) is 9.52. The minimum atomic E-state index is -1.03. The van der Waals surface area contributed by atoms with Crippen molar-refractivity contribution in [3.63, 3.8) is 0 Å². The highest BCUT2D eigenvalue weighted by Crippen LogP contribution is 2.47. The fourth-order valence-electron chi connectivity index (χ4n) is 4.33.